The molecule has 32 heavy (non-hydrogen) atoms. The maximum absolute atomic E-state index is 13.1. The maximum atomic E-state index is 13.1. The van der Waals surface area contributed by atoms with E-state index in [0.717, 1.165) is 19.2 Å². The second-order valence-electron chi connectivity index (χ2n) is 6.80. The van der Waals surface area contributed by atoms with Crippen molar-refractivity contribution in [2.75, 3.05) is 12.4 Å². The lowest BCUT2D eigenvalue weighted by Gasteiger charge is -2.07. The van der Waals surface area contributed by atoms with Crippen LogP contribution in [-0.2, 0) is 4.74 Å². The van der Waals surface area contributed by atoms with Gasteiger partial charge in [0.1, 0.15) is 11.6 Å². The van der Waals surface area contributed by atoms with E-state index in [0.29, 0.717) is 28.1 Å². The van der Waals surface area contributed by atoms with E-state index in [9.17, 15) is 24.1 Å². The van der Waals surface area contributed by atoms with Crippen molar-refractivity contribution in [3.63, 3.8) is 0 Å². The van der Waals surface area contributed by atoms with Crippen molar-refractivity contribution in [3.05, 3.63) is 87.7 Å². The van der Waals surface area contributed by atoms with Crippen molar-refractivity contribution in [1.29, 1.82) is 0 Å². The molecule has 160 valence electrons. The zero-order chi connectivity index (χ0) is 22.8. The largest absolute Gasteiger partial charge is 0.465 e. The van der Waals surface area contributed by atoms with Crippen LogP contribution in [0.3, 0.4) is 0 Å². The topological polar surface area (TPSA) is 127 Å². The van der Waals surface area contributed by atoms with E-state index in [4.69, 9.17) is 0 Å². The monoisotopic (exact) mass is 434 g/mol. The molecule has 0 aliphatic heterocycles. The van der Waals surface area contributed by atoms with Gasteiger partial charge in [-0.05, 0) is 48.5 Å². The molecule has 0 aliphatic carbocycles. The minimum Gasteiger partial charge on any atom is -0.465 e. The second-order valence-corrected chi connectivity index (χ2v) is 6.80. The number of H-pyrrole nitrogens is 1. The van der Waals surface area contributed by atoms with Gasteiger partial charge in [0.25, 0.3) is 11.6 Å². The number of carbonyl (C=O) groups is 2. The molecular formula is C22H15FN4O5. The average molecular weight is 434 g/mol. The molecule has 2 N–H and O–H groups in total. The number of nitrogens with one attached hydrogen (secondary N) is 2. The Hall–Kier alpha value is -4.60. The number of hydrogen-bond acceptors (Lipinski definition) is 6. The summed E-state index contributed by atoms with van der Waals surface area (Å²) < 4.78 is 17.7. The van der Waals surface area contributed by atoms with Crippen molar-refractivity contribution >= 4 is 34.3 Å². The molecule has 9 nitrogen and oxygen atoms in total. The van der Waals surface area contributed by atoms with Crippen molar-refractivity contribution in [2.45, 2.75) is 0 Å². The van der Waals surface area contributed by atoms with Gasteiger partial charge >= 0.3 is 5.97 Å². The summed E-state index contributed by atoms with van der Waals surface area (Å²) in [6.45, 7) is 0. The van der Waals surface area contributed by atoms with Crippen LogP contribution >= 0.6 is 0 Å². The van der Waals surface area contributed by atoms with Gasteiger partial charge in [0.05, 0.1) is 28.6 Å². The Labute approximate surface area is 180 Å². The number of fused-ring (bicyclic) bond motifs is 1. The number of esters is 1. The van der Waals surface area contributed by atoms with E-state index in [2.05, 4.69) is 20.0 Å². The molecule has 0 bridgehead atoms. The molecule has 0 radical (unpaired) electrons. The van der Waals surface area contributed by atoms with E-state index < -0.39 is 22.5 Å². The van der Waals surface area contributed by atoms with Crippen molar-refractivity contribution in [2.24, 2.45) is 0 Å². The number of aromatic amines is 1. The SMILES string of the molecule is COC(=O)c1cc(C(=O)Nc2ccc3nc(-c4ccc(F)cc4)[nH]c3c2)cc([N+](=O)[O-])c1. The molecule has 0 aliphatic rings. The molecule has 4 rings (SSSR count). The van der Waals surface area contributed by atoms with Gasteiger partial charge in [-0.15, -0.1) is 0 Å². The van der Waals surface area contributed by atoms with Crippen LogP contribution in [0.5, 0.6) is 0 Å². The lowest BCUT2D eigenvalue weighted by molar-refractivity contribution is -0.384. The minimum atomic E-state index is -0.796. The van der Waals surface area contributed by atoms with E-state index in [-0.39, 0.29) is 16.9 Å². The number of imidazole rings is 1. The number of nitrogens with zero attached hydrogens (tertiary/aromatic N) is 2. The number of carbonyl (C=O) groups excluding carboxylic acids is 2. The Balaban J connectivity index is 1.62. The number of anilines is 1. The number of ether oxygens (including phenoxy) is 1. The van der Waals surface area contributed by atoms with Gasteiger partial charge in [-0.2, -0.15) is 0 Å². The standard InChI is InChI=1S/C22H15FN4O5/c1-32-22(29)14-8-13(9-17(10-14)27(30)31)21(28)24-16-6-7-18-19(11-16)26-20(25-18)12-2-4-15(23)5-3-12/h2-11H,1H3,(H,24,28)(H,25,26). The summed E-state index contributed by atoms with van der Waals surface area (Å²) in [6.07, 6.45) is 0. The first-order chi connectivity index (χ1) is 15.3. The zero-order valence-electron chi connectivity index (χ0n) is 16.6. The Kier molecular flexibility index (Phi) is 5.34. The van der Waals surface area contributed by atoms with E-state index in [1.165, 1.54) is 18.2 Å². The third-order valence-corrected chi connectivity index (χ3v) is 4.67. The Morgan fingerprint density at radius 3 is 2.47 bits per heavy atom. The summed E-state index contributed by atoms with van der Waals surface area (Å²) in [5, 5.41) is 13.8. The first kappa shape index (κ1) is 20.7. The van der Waals surface area contributed by atoms with Gasteiger partial charge in [0.15, 0.2) is 0 Å². The predicted molar refractivity (Wildman–Crippen MR) is 114 cm³/mol. The van der Waals surface area contributed by atoms with E-state index in [1.54, 1.807) is 30.3 Å². The molecule has 4 aromatic rings. The zero-order valence-corrected chi connectivity index (χ0v) is 16.6. The fourth-order valence-corrected chi connectivity index (χ4v) is 3.12. The molecule has 0 spiro atoms. The van der Waals surface area contributed by atoms with Crippen molar-refractivity contribution in [3.8, 4) is 11.4 Å². The highest BCUT2D eigenvalue weighted by atomic mass is 19.1. The number of rotatable bonds is 5. The fourth-order valence-electron chi connectivity index (χ4n) is 3.12. The van der Waals surface area contributed by atoms with Crippen molar-refractivity contribution < 1.29 is 23.6 Å². The van der Waals surface area contributed by atoms with Crippen LogP contribution in [0.25, 0.3) is 22.4 Å². The van der Waals surface area contributed by atoms with Gasteiger partial charge in [0.2, 0.25) is 0 Å². The Bertz CT molecular complexity index is 1360. The molecule has 10 heteroatoms. The van der Waals surface area contributed by atoms with Crippen LogP contribution in [0.15, 0.2) is 60.7 Å². The number of aromatic nitrogens is 2. The molecule has 1 amide bonds. The minimum absolute atomic E-state index is 0.0729. The summed E-state index contributed by atoms with van der Waals surface area (Å²) in [5.74, 6) is -1.26. The number of amides is 1. The van der Waals surface area contributed by atoms with Crippen LogP contribution < -0.4 is 5.32 Å². The van der Waals surface area contributed by atoms with Crippen LogP contribution in [0, 0.1) is 15.9 Å². The van der Waals surface area contributed by atoms with Crippen LogP contribution in [-0.4, -0.2) is 33.9 Å². The van der Waals surface area contributed by atoms with E-state index in [1.807, 2.05) is 0 Å². The van der Waals surface area contributed by atoms with Crippen LogP contribution in [0.2, 0.25) is 0 Å². The Morgan fingerprint density at radius 1 is 1.06 bits per heavy atom. The summed E-state index contributed by atoms with van der Waals surface area (Å²) in [6, 6.07) is 14.1. The molecular weight excluding hydrogens is 419 g/mol. The lowest BCUT2D eigenvalue weighted by atomic mass is 10.1. The third-order valence-electron chi connectivity index (χ3n) is 4.67. The molecule has 0 saturated heterocycles. The fraction of sp³-hybridized carbons (Fsp3) is 0.0455. The first-order valence-corrected chi connectivity index (χ1v) is 9.29. The molecule has 0 unspecified atom stereocenters. The highest BCUT2D eigenvalue weighted by Crippen LogP contribution is 2.24. The predicted octanol–water partition coefficient (Wildman–Crippen LogP) is 4.32. The van der Waals surface area contributed by atoms with Gasteiger partial charge in [-0.1, -0.05) is 0 Å². The number of nitro benzene ring substituents is 1. The van der Waals surface area contributed by atoms with Gasteiger partial charge in [0, 0.05) is 28.9 Å². The molecule has 0 atom stereocenters. The molecule has 0 fully saturated rings. The van der Waals surface area contributed by atoms with Gasteiger partial charge < -0.3 is 15.0 Å². The summed E-state index contributed by atoms with van der Waals surface area (Å²) >= 11 is 0. The summed E-state index contributed by atoms with van der Waals surface area (Å²) in [7, 11) is 1.14. The normalized spacial score (nSPS) is 10.7. The average Bonchev–Trinajstić information content (AvgIpc) is 3.22. The summed E-state index contributed by atoms with van der Waals surface area (Å²) in [5.41, 5.74) is 1.76. The quantitative estimate of drug-likeness (QED) is 0.274. The number of halogens is 1. The van der Waals surface area contributed by atoms with Gasteiger partial charge in [-0.3, -0.25) is 14.9 Å². The van der Waals surface area contributed by atoms with Gasteiger partial charge in [-0.25, -0.2) is 14.2 Å². The highest BCUT2D eigenvalue weighted by molar-refractivity contribution is 6.07. The Morgan fingerprint density at radius 2 is 1.78 bits per heavy atom. The van der Waals surface area contributed by atoms with Crippen LogP contribution in [0.4, 0.5) is 15.8 Å². The first-order valence-electron chi connectivity index (χ1n) is 9.29. The lowest BCUT2D eigenvalue weighted by Crippen LogP contribution is -2.14. The molecule has 3 aromatic carbocycles. The molecule has 1 aromatic heterocycles. The number of hydrogen-bond donors (Lipinski definition) is 2. The second kappa shape index (κ2) is 8.26. The third kappa shape index (κ3) is 4.15. The molecule has 0 saturated carbocycles. The summed E-state index contributed by atoms with van der Waals surface area (Å²) in [4.78, 5) is 42.5. The van der Waals surface area contributed by atoms with E-state index >= 15 is 0 Å². The number of methoxy groups -OCH3 is 1. The maximum Gasteiger partial charge on any atom is 0.338 e. The van der Waals surface area contributed by atoms with Crippen LogP contribution in [0.1, 0.15) is 20.7 Å². The number of nitro groups is 1. The smallest absolute Gasteiger partial charge is 0.338 e. The van der Waals surface area contributed by atoms with Crippen molar-refractivity contribution in [1.82, 2.24) is 9.97 Å². The molecule has 1 heterocycles. The number of non-ortho nitro benzene ring substituents is 1. The highest BCUT2D eigenvalue weighted by Gasteiger charge is 2.19. The number of benzene rings is 3.